The lowest BCUT2D eigenvalue weighted by molar-refractivity contribution is 0.0773. The Labute approximate surface area is 278 Å². The summed E-state index contributed by atoms with van der Waals surface area (Å²) in [6.45, 7) is 35.2. The molecule has 0 atom stereocenters. The molecule has 0 aromatic heterocycles. The Morgan fingerprint density at radius 3 is 1.22 bits per heavy atom. The summed E-state index contributed by atoms with van der Waals surface area (Å²) in [6, 6.07) is 7.38. The predicted octanol–water partition coefficient (Wildman–Crippen LogP) is 10.6. The third-order valence-electron chi connectivity index (χ3n) is 5.29. The first-order valence-corrected chi connectivity index (χ1v) is 16.1. The van der Waals surface area contributed by atoms with Crippen molar-refractivity contribution in [2.45, 2.75) is 158 Å². The maximum absolute atomic E-state index is 14.5. The molecule has 258 valence electrons. The second kappa shape index (κ2) is 13.4. The average Bonchev–Trinajstić information content (AvgIpc) is 2.76. The maximum Gasteiger partial charge on any atom is 0.193 e. The number of ketones is 1. The smallest absolute Gasteiger partial charge is 0.193 e. The van der Waals surface area contributed by atoms with Crippen LogP contribution in [0.3, 0.4) is 0 Å². The van der Waals surface area contributed by atoms with Crippen molar-refractivity contribution >= 4 is 11.9 Å². The molecular weight excluding hydrogens is 580 g/mol. The molecule has 7 nitrogen and oxygen atoms in total. The minimum absolute atomic E-state index is 0.211. The normalized spacial score (nSPS) is 13.4. The van der Waals surface area contributed by atoms with E-state index >= 15 is 0 Å². The van der Waals surface area contributed by atoms with Gasteiger partial charge in [-0.1, -0.05) is 0 Å². The molecule has 0 saturated heterocycles. The zero-order valence-corrected chi connectivity index (χ0v) is 31.8. The first kappa shape index (κ1) is 38.8. The van der Waals surface area contributed by atoms with Crippen LogP contribution in [0, 0.1) is 0 Å². The van der Waals surface area contributed by atoms with E-state index in [0.29, 0.717) is 28.6 Å². The van der Waals surface area contributed by atoms with Crippen LogP contribution >= 0.6 is 0 Å². The van der Waals surface area contributed by atoms with E-state index in [1.54, 1.807) is 12.1 Å². The van der Waals surface area contributed by atoms with Gasteiger partial charge < -0.3 is 28.4 Å². The second-order valence-electron chi connectivity index (χ2n) is 17.6. The number of carbonyl (C=O) groups is 1. The number of hydrogen-bond acceptors (Lipinski definition) is 7. The largest absolute Gasteiger partial charge is 0.488 e. The average molecular weight is 641 g/mol. The van der Waals surface area contributed by atoms with Crippen LogP contribution in [0.2, 0.25) is 0 Å². The van der Waals surface area contributed by atoms with Gasteiger partial charge in [0.2, 0.25) is 0 Å². The number of rotatable bonds is 9. The Bertz CT molecular complexity index is 1340. The van der Waals surface area contributed by atoms with Crippen LogP contribution in [-0.4, -0.2) is 39.4 Å². The molecule has 0 amide bonds. The Hall–Kier alpha value is -3.35. The van der Waals surface area contributed by atoms with Crippen LogP contribution in [0.1, 0.15) is 141 Å². The minimum Gasteiger partial charge on any atom is -0.488 e. The summed E-state index contributed by atoms with van der Waals surface area (Å²) in [5, 5.41) is 0. The van der Waals surface area contributed by atoms with Gasteiger partial charge >= 0.3 is 0 Å². The Morgan fingerprint density at radius 2 is 0.848 bits per heavy atom. The first-order chi connectivity index (χ1) is 20.4. The number of benzene rings is 2. The molecule has 0 unspecified atom stereocenters. The lowest BCUT2D eigenvalue weighted by Crippen LogP contribution is -2.30. The molecule has 0 aliphatic heterocycles. The van der Waals surface area contributed by atoms with Crippen molar-refractivity contribution in [3.05, 3.63) is 41.5 Å². The molecule has 2 aromatic carbocycles. The molecule has 46 heavy (non-hydrogen) atoms. The van der Waals surface area contributed by atoms with Crippen molar-refractivity contribution in [3.8, 4) is 34.5 Å². The summed E-state index contributed by atoms with van der Waals surface area (Å²) >= 11 is 0. The SMILES string of the molecule is CC(C)(C)Oc1ccc(OC(C)(C)C)c(C=CC(=O)c2c(OC(C)(C)C)c(OC(C)(C)C)cc(OC(C)(C)C)c2OC(C)(C)C)c1. The van der Waals surface area contributed by atoms with Crippen molar-refractivity contribution in [2.75, 3.05) is 0 Å². The highest BCUT2D eigenvalue weighted by molar-refractivity contribution is 6.12. The van der Waals surface area contributed by atoms with E-state index in [4.69, 9.17) is 28.4 Å². The van der Waals surface area contributed by atoms with Gasteiger partial charge in [0.25, 0.3) is 0 Å². The summed E-state index contributed by atoms with van der Waals surface area (Å²) in [4.78, 5) is 14.5. The third-order valence-corrected chi connectivity index (χ3v) is 5.29. The highest BCUT2D eigenvalue weighted by Gasteiger charge is 2.34. The van der Waals surface area contributed by atoms with Crippen LogP contribution < -0.4 is 28.4 Å². The number of ether oxygens (including phenoxy) is 6. The second-order valence-corrected chi connectivity index (χ2v) is 17.6. The highest BCUT2D eigenvalue weighted by Crippen LogP contribution is 2.49. The quantitative estimate of drug-likeness (QED) is 0.199. The van der Waals surface area contributed by atoms with E-state index in [9.17, 15) is 4.79 Å². The Morgan fingerprint density at radius 1 is 0.478 bits per heavy atom. The molecule has 0 N–H and O–H groups in total. The molecule has 0 saturated carbocycles. The van der Waals surface area contributed by atoms with Crippen molar-refractivity contribution < 1.29 is 33.2 Å². The number of allylic oxidation sites excluding steroid dienone is 1. The summed E-state index contributed by atoms with van der Waals surface area (Å²) < 4.78 is 38.3. The summed E-state index contributed by atoms with van der Waals surface area (Å²) in [7, 11) is 0. The van der Waals surface area contributed by atoms with Crippen molar-refractivity contribution in [1.29, 1.82) is 0 Å². The molecule has 0 fully saturated rings. The molecule has 0 aliphatic carbocycles. The summed E-state index contributed by atoms with van der Waals surface area (Å²) in [5.74, 6) is 2.28. The minimum atomic E-state index is -0.660. The van der Waals surface area contributed by atoms with Gasteiger partial charge in [0, 0.05) is 11.6 Å². The maximum atomic E-state index is 14.5. The fraction of sp³-hybridized carbons (Fsp3) is 0.615. The molecule has 2 aromatic rings. The Kier molecular flexibility index (Phi) is 11.3. The van der Waals surface area contributed by atoms with Crippen molar-refractivity contribution in [3.63, 3.8) is 0 Å². The fourth-order valence-electron chi connectivity index (χ4n) is 4.20. The number of hydrogen-bond donors (Lipinski definition) is 0. The molecule has 7 heteroatoms. The van der Waals surface area contributed by atoms with Crippen LogP contribution in [0.4, 0.5) is 0 Å². The molecule has 0 heterocycles. The molecule has 0 spiro atoms. The predicted molar refractivity (Wildman–Crippen MR) is 189 cm³/mol. The standard InChI is InChI=1S/C39H60O7/c1-34(2,3)41-26-20-22-28(42-35(4,5)6)25(23-26)19-21-27(40)31-32(45-38(13,14)15)29(43-36(7,8)9)24-30(44-37(10,11)12)33(31)46-39(16,17)18/h19-24H,1-18H3. The van der Waals surface area contributed by atoms with E-state index < -0.39 is 33.6 Å². The van der Waals surface area contributed by atoms with Crippen LogP contribution in [0.15, 0.2) is 30.3 Å². The first-order valence-electron chi connectivity index (χ1n) is 16.1. The van der Waals surface area contributed by atoms with Crippen LogP contribution in [0.25, 0.3) is 6.08 Å². The zero-order valence-electron chi connectivity index (χ0n) is 31.8. The van der Waals surface area contributed by atoms with Crippen LogP contribution in [0.5, 0.6) is 34.5 Å². The van der Waals surface area contributed by atoms with E-state index in [2.05, 4.69) is 0 Å². The van der Waals surface area contributed by atoms with Gasteiger partial charge in [0.05, 0.1) is 0 Å². The van der Waals surface area contributed by atoms with Gasteiger partial charge in [-0.2, -0.15) is 0 Å². The van der Waals surface area contributed by atoms with Gasteiger partial charge in [-0.05, 0) is 155 Å². The van der Waals surface area contributed by atoms with Gasteiger partial charge in [0.1, 0.15) is 50.7 Å². The molecule has 2 rings (SSSR count). The van der Waals surface area contributed by atoms with E-state index in [1.165, 1.54) is 6.08 Å². The summed E-state index contributed by atoms with van der Waals surface area (Å²) in [5.41, 5.74) is -2.47. The fourth-order valence-corrected chi connectivity index (χ4v) is 4.20. The molecule has 0 aliphatic rings. The van der Waals surface area contributed by atoms with Crippen molar-refractivity contribution in [2.24, 2.45) is 0 Å². The molecule has 0 bridgehead atoms. The van der Waals surface area contributed by atoms with Crippen molar-refractivity contribution in [1.82, 2.24) is 0 Å². The lowest BCUT2D eigenvalue weighted by atomic mass is 10.0. The lowest BCUT2D eigenvalue weighted by Gasteiger charge is -2.33. The number of carbonyl (C=O) groups excluding carboxylic acids is 1. The van der Waals surface area contributed by atoms with Crippen LogP contribution in [-0.2, 0) is 0 Å². The van der Waals surface area contributed by atoms with Gasteiger partial charge in [-0.15, -0.1) is 0 Å². The zero-order chi connectivity index (χ0) is 35.7. The van der Waals surface area contributed by atoms with E-state index in [1.807, 2.05) is 143 Å². The van der Waals surface area contributed by atoms with Gasteiger partial charge in [-0.3, -0.25) is 4.79 Å². The topological polar surface area (TPSA) is 72.5 Å². The highest BCUT2D eigenvalue weighted by atomic mass is 16.6. The third kappa shape index (κ3) is 13.6. The van der Waals surface area contributed by atoms with Gasteiger partial charge in [0.15, 0.2) is 28.8 Å². The van der Waals surface area contributed by atoms with E-state index in [0.717, 1.165) is 0 Å². The summed E-state index contributed by atoms with van der Waals surface area (Å²) in [6.07, 6.45) is 3.25. The Balaban J connectivity index is 2.97. The van der Waals surface area contributed by atoms with Gasteiger partial charge in [-0.25, -0.2) is 0 Å². The molecule has 0 radical (unpaired) electrons. The van der Waals surface area contributed by atoms with E-state index in [-0.39, 0.29) is 22.8 Å². The monoisotopic (exact) mass is 640 g/mol. The molecular formula is C39H60O7.